The number of aldehydes is 1. The molecule has 0 spiro atoms. The minimum Gasteiger partial charge on any atom is -0.465 e. The van der Waals surface area contributed by atoms with Crippen LogP contribution in [0.3, 0.4) is 0 Å². The zero-order chi connectivity index (χ0) is 28.2. The molecule has 0 fully saturated rings. The molecular weight excluding hydrogens is 472 g/mol. The highest BCUT2D eigenvalue weighted by molar-refractivity contribution is 6.74. The van der Waals surface area contributed by atoms with Crippen molar-refractivity contribution in [2.45, 2.75) is 125 Å². The van der Waals surface area contributed by atoms with Crippen LogP contribution in [0.2, 0.25) is 18.1 Å². The fourth-order valence-electron chi connectivity index (χ4n) is 4.28. The molecule has 0 unspecified atom stereocenters. The van der Waals surface area contributed by atoms with E-state index in [9.17, 15) is 14.4 Å². The number of ether oxygens (including phenoxy) is 1. The van der Waals surface area contributed by atoms with E-state index in [-0.39, 0.29) is 34.2 Å². The van der Waals surface area contributed by atoms with Crippen molar-refractivity contribution < 1.29 is 23.2 Å². The van der Waals surface area contributed by atoms with Gasteiger partial charge in [-0.25, -0.2) is 0 Å². The van der Waals surface area contributed by atoms with Crippen molar-refractivity contribution in [3.8, 4) is 0 Å². The van der Waals surface area contributed by atoms with Crippen LogP contribution in [0.4, 0.5) is 0 Å². The molecule has 0 bridgehead atoms. The lowest BCUT2D eigenvalue weighted by molar-refractivity contribution is -0.162. The summed E-state index contributed by atoms with van der Waals surface area (Å²) < 4.78 is 19.3. The van der Waals surface area contributed by atoms with Gasteiger partial charge in [0.05, 0.1) is 12.0 Å². The molecule has 0 saturated heterocycles. The van der Waals surface area contributed by atoms with Gasteiger partial charge in [-0.2, -0.15) is 0 Å². The number of aryl methyl sites for hydroxylation is 1. The largest absolute Gasteiger partial charge is 0.465 e. The van der Waals surface area contributed by atoms with Crippen LogP contribution in [-0.2, 0) is 25.2 Å². The lowest BCUT2D eigenvalue weighted by Gasteiger charge is -2.44. The number of carbonyl (C=O) groups excluding carboxylic acids is 2. The van der Waals surface area contributed by atoms with Gasteiger partial charge in [0.1, 0.15) is 23.9 Å². The summed E-state index contributed by atoms with van der Waals surface area (Å²) in [4.78, 5) is 37.8. The molecule has 36 heavy (non-hydrogen) atoms. The molecule has 0 N–H and O–H groups in total. The Morgan fingerprint density at radius 1 is 1.03 bits per heavy atom. The molecular formula is C29H50O6Si. The number of hydrogen-bond donors (Lipinski definition) is 0. The third kappa shape index (κ3) is 7.18. The molecule has 0 amide bonds. The fourth-order valence-corrected chi connectivity index (χ4v) is 5.74. The summed E-state index contributed by atoms with van der Waals surface area (Å²) in [5, 5.41) is -0.0679. The number of esters is 1. The maximum Gasteiger partial charge on any atom is 0.308 e. The van der Waals surface area contributed by atoms with Crippen LogP contribution >= 0.6 is 0 Å². The van der Waals surface area contributed by atoms with Crippen molar-refractivity contribution in [3.05, 3.63) is 32.9 Å². The van der Waals surface area contributed by atoms with Crippen LogP contribution in [0.1, 0.15) is 97.3 Å². The van der Waals surface area contributed by atoms with Gasteiger partial charge in [0.15, 0.2) is 13.7 Å². The third-order valence-corrected chi connectivity index (χ3v) is 12.7. The van der Waals surface area contributed by atoms with E-state index in [0.717, 1.165) is 6.29 Å². The lowest BCUT2D eigenvalue weighted by atomic mass is 9.82. The summed E-state index contributed by atoms with van der Waals surface area (Å²) in [5.74, 6) is -0.429. The zero-order valence-corrected chi connectivity index (χ0v) is 25.9. The number of carbonyl (C=O) groups is 2. The second kappa shape index (κ2) is 12.7. The third-order valence-electron chi connectivity index (χ3n) is 8.20. The molecule has 1 aromatic rings. The Labute approximate surface area is 219 Å². The van der Waals surface area contributed by atoms with Crippen molar-refractivity contribution in [2.75, 3.05) is 0 Å². The van der Waals surface area contributed by atoms with E-state index in [1.54, 1.807) is 20.8 Å². The fraction of sp³-hybridized carbons (Fsp3) is 0.759. The van der Waals surface area contributed by atoms with Gasteiger partial charge in [0.25, 0.3) is 0 Å². The van der Waals surface area contributed by atoms with Crippen LogP contribution in [0.5, 0.6) is 0 Å². The van der Waals surface area contributed by atoms with Crippen LogP contribution in [0.15, 0.2) is 9.21 Å². The first kappa shape index (κ1) is 32.3. The smallest absolute Gasteiger partial charge is 0.308 e. The van der Waals surface area contributed by atoms with Crippen molar-refractivity contribution in [3.63, 3.8) is 0 Å². The highest BCUT2D eigenvalue weighted by Gasteiger charge is 2.45. The quantitative estimate of drug-likeness (QED) is 0.172. The Bertz CT molecular complexity index is 958. The van der Waals surface area contributed by atoms with Crippen molar-refractivity contribution in [2.24, 2.45) is 17.8 Å². The second-order valence-electron chi connectivity index (χ2n) is 12.0. The van der Waals surface area contributed by atoms with Crippen molar-refractivity contribution in [1.29, 1.82) is 0 Å². The second-order valence-corrected chi connectivity index (χ2v) is 16.8. The lowest BCUT2D eigenvalue weighted by Crippen LogP contribution is -2.50. The Morgan fingerprint density at radius 2 is 1.58 bits per heavy atom. The van der Waals surface area contributed by atoms with Crippen LogP contribution in [0, 0.1) is 31.6 Å². The van der Waals surface area contributed by atoms with E-state index in [0.29, 0.717) is 35.5 Å². The first-order chi connectivity index (χ1) is 16.4. The molecule has 0 aliphatic rings. The molecule has 6 nitrogen and oxygen atoms in total. The molecule has 206 valence electrons. The molecule has 1 heterocycles. The molecule has 7 heteroatoms. The Morgan fingerprint density at radius 3 is 2.03 bits per heavy atom. The summed E-state index contributed by atoms with van der Waals surface area (Å²) in [6, 6.07) is 0. The van der Waals surface area contributed by atoms with Gasteiger partial charge in [0, 0.05) is 35.3 Å². The summed E-state index contributed by atoms with van der Waals surface area (Å²) in [5.41, 5.74) is 1.19. The molecule has 0 aromatic carbocycles. The highest BCUT2D eigenvalue weighted by Crippen LogP contribution is 2.42. The first-order valence-corrected chi connectivity index (χ1v) is 16.3. The van der Waals surface area contributed by atoms with Crippen molar-refractivity contribution in [1.82, 2.24) is 0 Å². The van der Waals surface area contributed by atoms with Crippen LogP contribution in [0.25, 0.3) is 0 Å². The molecule has 0 saturated carbocycles. The van der Waals surface area contributed by atoms with Crippen LogP contribution in [-0.4, -0.2) is 32.8 Å². The molecule has 1 aromatic heterocycles. The number of rotatable bonds is 12. The molecule has 0 aliphatic heterocycles. The first-order valence-electron chi connectivity index (χ1n) is 13.4. The SMILES string of the molecule is CCc1oc([C@@H](C)[C@@H](O[Si](C)(C)C(C)(C)C)[C@H](C)[C@@H](OC(=O)[C@@H](C)CC)[C@@H](C)C=O)c(C)c(=O)c1C. The Balaban J connectivity index is 3.70. The van der Waals surface area contributed by atoms with E-state index >= 15 is 0 Å². The van der Waals surface area contributed by atoms with Gasteiger partial charge in [-0.05, 0) is 38.4 Å². The van der Waals surface area contributed by atoms with Gasteiger partial charge >= 0.3 is 5.97 Å². The normalized spacial score (nSPS) is 17.6. The van der Waals surface area contributed by atoms with Gasteiger partial charge in [-0.3, -0.25) is 9.59 Å². The van der Waals surface area contributed by atoms with Gasteiger partial charge in [-0.1, -0.05) is 62.3 Å². The molecule has 0 radical (unpaired) electrons. The summed E-state index contributed by atoms with van der Waals surface area (Å²) in [7, 11) is -2.30. The summed E-state index contributed by atoms with van der Waals surface area (Å²) >= 11 is 0. The number of hydrogen-bond acceptors (Lipinski definition) is 6. The molecule has 6 atom stereocenters. The standard InChI is InChI=1S/C29H50O6Si/c1-14-17(3)28(32)34-25(18(4)16-30)21(7)27(35-36(12,13)29(9,10)11)22(8)26-20(6)24(31)19(5)23(15-2)33-26/h16-18,21-22,25,27H,14-15H2,1-13H3/t17-,18-,21+,22+,25-,27-/m0/s1. The average molecular weight is 523 g/mol. The van der Waals surface area contributed by atoms with Crippen molar-refractivity contribution >= 4 is 20.6 Å². The molecule has 1 rings (SSSR count). The maximum absolute atomic E-state index is 13.0. The minimum absolute atomic E-state index is 0.0142. The predicted octanol–water partition coefficient (Wildman–Crippen LogP) is 6.74. The van der Waals surface area contributed by atoms with E-state index in [1.165, 1.54) is 0 Å². The summed E-state index contributed by atoms with van der Waals surface area (Å²) in [6.07, 6.45) is 1.01. The molecule has 0 aliphatic carbocycles. The maximum atomic E-state index is 13.0. The van der Waals surface area contributed by atoms with Gasteiger partial charge < -0.3 is 18.4 Å². The Hall–Kier alpha value is -1.73. The monoisotopic (exact) mass is 522 g/mol. The summed E-state index contributed by atoms with van der Waals surface area (Å²) in [6.45, 7) is 26.0. The average Bonchev–Trinajstić information content (AvgIpc) is 2.81. The van der Waals surface area contributed by atoms with Gasteiger partial charge in [0.2, 0.25) is 0 Å². The predicted molar refractivity (Wildman–Crippen MR) is 148 cm³/mol. The van der Waals surface area contributed by atoms with E-state index in [2.05, 4.69) is 33.9 Å². The zero-order valence-electron chi connectivity index (χ0n) is 24.9. The Kier molecular flexibility index (Phi) is 11.4. The van der Waals surface area contributed by atoms with E-state index in [4.69, 9.17) is 13.6 Å². The van der Waals surface area contributed by atoms with Gasteiger partial charge in [-0.15, -0.1) is 0 Å². The highest BCUT2D eigenvalue weighted by atomic mass is 28.4. The van der Waals surface area contributed by atoms with E-state index < -0.39 is 26.4 Å². The topological polar surface area (TPSA) is 82.8 Å². The minimum atomic E-state index is -2.30. The van der Waals surface area contributed by atoms with E-state index in [1.807, 2.05) is 34.6 Å². The van der Waals surface area contributed by atoms with Crippen LogP contribution < -0.4 is 5.43 Å².